The van der Waals surface area contributed by atoms with Gasteiger partial charge in [0.05, 0.1) is 27.0 Å². The van der Waals surface area contributed by atoms with E-state index in [1.165, 1.54) is 13.3 Å². The number of benzene rings is 2. The van der Waals surface area contributed by atoms with Crippen LogP contribution in [0.25, 0.3) is 0 Å². The van der Waals surface area contributed by atoms with Crippen LogP contribution in [0.4, 0.5) is 0 Å². The zero-order valence-corrected chi connectivity index (χ0v) is 14.9. The van der Waals surface area contributed by atoms with Gasteiger partial charge in [-0.3, -0.25) is 9.59 Å². The molecule has 2 aromatic rings. The van der Waals surface area contributed by atoms with Crippen molar-refractivity contribution in [3.8, 4) is 11.5 Å². The lowest BCUT2D eigenvalue weighted by molar-refractivity contribution is -0.120. The van der Waals surface area contributed by atoms with Gasteiger partial charge in [-0.25, -0.2) is 5.43 Å². The van der Waals surface area contributed by atoms with Crippen LogP contribution in [-0.4, -0.2) is 38.8 Å². The zero-order chi connectivity index (χ0) is 18.9. The fraction of sp³-hybridized carbons (Fsp3) is 0.211. The predicted molar refractivity (Wildman–Crippen MR) is 98.8 cm³/mol. The largest absolute Gasteiger partial charge is 0.497 e. The second-order valence-electron chi connectivity index (χ2n) is 5.45. The van der Waals surface area contributed by atoms with Gasteiger partial charge in [-0.15, -0.1) is 0 Å². The normalized spacial score (nSPS) is 10.4. The Morgan fingerprint density at radius 3 is 2.62 bits per heavy atom. The SMILES string of the molecule is COc1ccc(/C=N/NC(=O)CNC(=O)c2cccc(C)c2)c(OC)c1. The van der Waals surface area contributed by atoms with Crippen LogP contribution in [-0.2, 0) is 4.79 Å². The molecule has 2 amide bonds. The van der Waals surface area contributed by atoms with Crippen LogP contribution in [0.2, 0.25) is 0 Å². The van der Waals surface area contributed by atoms with Gasteiger partial charge in [0, 0.05) is 17.2 Å². The van der Waals surface area contributed by atoms with E-state index < -0.39 is 5.91 Å². The van der Waals surface area contributed by atoms with Gasteiger partial charge in [-0.1, -0.05) is 17.7 Å². The second-order valence-corrected chi connectivity index (χ2v) is 5.45. The van der Waals surface area contributed by atoms with Crippen molar-refractivity contribution in [3.05, 3.63) is 59.2 Å². The highest BCUT2D eigenvalue weighted by Gasteiger charge is 2.08. The summed E-state index contributed by atoms with van der Waals surface area (Å²) in [7, 11) is 3.10. The van der Waals surface area contributed by atoms with Gasteiger partial charge in [-0.2, -0.15) is 5.10 Å². The maximum atomic E-state index is 12.0. The van der Waals surface area contributed by atoms with Gasteiger partial charge in [-0.05, 0) is 31.2 Å². The summed E-state index contributed by atoms with van der Waals surface area (Å²) < 4.78 is 10.4. The lowest BCUT2D eigenvalue weighted by Gasteiger charge is -2.07. The number of nitrogens with zero attached hydrogens (tertiary/aromatic N) is 1. The van der Waals surface area contributed by atoms with Crippen molar-refractivity contribution in [2.24, 2.45) is 5.10 Å². The standard InChI is InChI=1S/C19H21N3O4/c1-13-5-4-6-14(9-13)19(24)20-12-18(23)22-21-11-15-7-8-16(25-2)10-17(15)26-3/h4-11H,12H2,1-3H3,(H,20,24)(H,22,23)/b21-11+. The molecule has 0 atom stereocenters. The van der Waals surface area contributed by atoms with Crippen LogP contribution in [0.3, 0.4) is 0 Å². The molecule has 0 unspecified atom stereocenters. The number of aryl methyl sites for hydroxylation is 1. The first-order chi connectivity index (χ1) is 12.5. The van der Waals surface area contributed by atoms with Gasteiger partial charge in [0.15, 0.2) is 0 Å². The number of methoxy groups -OCH3 is 2. The molecule has 136 valence electrons. The van der Waals surface area contributed by atoms with Crippen molar-refractivity contribution in [1.82, 2.24) is 10.7 Å². The number of nitrogens with one attached hydrogen (secondary N) is 2. The quantitative estimate of drug-likeness (QED) is 0.586. The number of hydrogen-bond donors (Lipinski definition) is 2. The summed E-state index contributed by atoms with van der Waals surface area (Å²) in [5.74, 6) is 0.469. The Labute approximate surface area is 152 Å². The molecular weight excluding hydrogens is 334 g/mol. The molecule has 0 fully saturated rings. The van der Waals surface area contributed by atoms with E-state index in [9.17, 15) is 9.59 Å². The molecule has 2 rings (SSSR count). The molecule has 0 aromatic heterocycles. The molecule has 26 heavy (non-hydrogen) atoms. The van der Waals surface area contributed by atoms with Gasteiger partial charge < -0.3 is 14.8 Å². The number of ether oxygens (including phenoxy) is 2. The zero-order valence-electron chi connectivity index (χ0n) is 14.9. The fourth-order valence-corrected chi connectivity index (χ4v) is 2.19. The van der Waals surface area contributed by atoms with Crippen molar-refractivity contribution in [1.29, 1.82) is 0 Å². The van der Waals surface area contributed by atoms with Crippen LogP contribution < -0.4 is 20.2 Å². The molecule has 2 N–H and O–H groups in total. The van der Waals surface area contributed by atoms with Crippen molar-refractivity contribution in [3.63, 3.8) is 0 Å². The fourth-order valence-electron chi connectivity index (χ4n) is 2.19. The Bertz CT molecular complexity index is 818. The molecule has 0 saturated carbocycles. The van der Waals surface area contributed by atoms with Crippen LogP contribution >= 0.6 is 0 Å². The Hall–Kier alpha value is -3.35. The Morgan fingerprint density at radius 1 is 1.12 bits per heavy atom. The number of carbonyl (C=O) groups excluding carboxylic acids is 2. The number of hydrogen-bond acceptors (Lipinski definition) is 5. The van der Waals surface area contributed by atoms with E-state index in [0.29, 0.717) is 22.6 Å². The van der Waals surface area contributed by atoms with E-state index in [2.05, 4.69) is 15.8 Å². The maximum absolute atomic E-state index is 12.0. The van der Waals surface area contributed by atoms with E-state index in [0.717, 1.165) is 5.56 Å². The molecule has 0 aliphatic heterocycles. The summed E-state index contributed by atoms with van der Waals surface area (Å²) in [5.41, 5.74) is 4.51. The molecule has 7 heteroatoms. The molecule has 0 aliphatic rings. The van der Waals surface area contributed by atoms with Crippen molar-refractivity contribution in [2.75, 3.05) is 20.8 Å². The Morgan fingerprint density at radius 2 is 1.92 bits per heavy atom. The van der Waals surface area contributed by atoms with E-state index >= 15 is 0 Å². The third kappa shape index (κ3) is 5.34. The number of amides is 2. The highest BCUT2D eigenvalue weighted by atomic mass is 16.5. The van der Waals surface area contributed by atoms with E-state index in [1.54, 1.807) is 43.5 Å². The van der Waals surface area contributed by atoms with Crippen LogP contribution in [0.15, 0.2) is 47.6 Å². The first-order valence-electron chi connectivity index (χ1n) is 7.92. The molecule has 0 heterocycles. The minimum Gasteiger partial charge on any atom is -0.497 e. The maximum Gasteiger partial charge on any atom is 0.259 e. The minimum absolute atomic E-state index is 0.177. The summed E-state index contributed by atoms with van der Waals surface area (Å²) in [5, 5.41) is 6.42. The van der Waals surface area contributed by atoms with Crippen molar-refractivity contribution >= 4 is 18.0 Å². The molecule has 0 radical (unpaired) electrons. The Balaban J connectivity index is 1.87. The van der Waals surface area contributed by atoms with Crippen LogP contribution in [0.5, 0.6) is 11.5 Å². The molecule has 0 aliphatic carbocycles. The molecule has 2 aromatic carbocycles. The van der Waals surface area contributed by atoms with Crippen molar-refractivity contribution < 1.29 is 19.1 Å². The lowest BCUT2D eigenvalue weighted by Crippen LogP contribution is -2.34. The molecule has 7 nitrogen and oxygen atoms in total. The third-order valence-corrected chi connectivity index (χ3v) is 3.52. The lowest BCUT2D eigenvalue weighted by atomic mass is 10.1. The first-order valence-corrected chi connectivity index (χ1v) is 7.92. The molecule has 0 spiro atoms. The Kier molecular flexibility index (Phi) is 6.73. The van der Waals surface area contributed by atoms with Gasteiger partial charge in [0.1, 0.15) is 11.5 Å². The first kappa shape index (κ1) is 19.0. The molecule has 0 bridgehead atoms. The predicted octanol–water partition coefficient (Wildman–Crippen LogP) is 1.89. The number of hydrazone groups is 1. The average Bonchev–Trinajstić information content (AvgIpc) is 2.66. The highest BCUT2D eigenvalue weighted by Crippen LogP contribution is 2.22. The van der Waals surface area contributed by atoms with Crippen LogP contribution in [0.1, 0.15) is 21.5 Å². The van der Waals surface area contributed by atoms with Gasteiger partial charge in [0.25, 0.3) is 11.8 Å². The van der Waals surface area contributed by atoms with Crippen molar-refractivity contribution in [2.45, 2.75) is 6.92 Å². The van der Waals surface area contributed by atoms with E-state index in [4.69, 9.17) is 9.47 Å². The average molecular weight is 355 g/mol. The van der Waals surface area contributed by atoms with E-state index in [1.807, 2.05) is 13.0 Å². The molecule has 0 saturated heterocycles. The van der Waals surface area contributed by atoms with E-state index in [-0.39, 0.29) is 12.5 Å². The van der Waals surface area contributed by atoms with Gasteiger partial charge in [0.2, 0.25) is 0 Å². The minimum atomic E-state index is -0.435. The second kappa shape index (κ2) is 9.22. The topological polar surface area (TPSA) is 89.0 Å². The monoisotopic (exact) mass is 355 g/mol. The summed E-state index contributed by atoms with van der Waals surface area (Å²) >= 11 is 0. The summed E-state index contributed by atoms with van der Waals surface area (Å²) in [6.45, 7) is 1.72. The number of rotatable bonds is 7. The van der Waals surface area contributed by atoms with Crippen LogP contribution in [0, 0.1) is 6.92 Å². The smallest absolute Gasteiger partial charge is 0.259 e. The summed E-state index contributed by atoms with van der Waals surface area (Å²) in [6, 6.07) is 12.4. The summed E-state index contributed by atoms with van der Waals surface area (Å²) in [6.07, 6.45) is 1.46. The summed E-state index contributed by atoms with van der Waals surface area (Å²) in [4.78, 5) is 23.8. The van der Waals surface area contributed by atoms with Gasteiger partial charge >= 0.3 is 0 Å². The molecular formula is C19H21N3O4. The number of carbonyl (C=O) groups is 2. The highest BCUT2D eigenvalue weighted by molar-refractivity contribution is 5.96. The third-order valence-electron chi connectivity index (χ3n) is 3.52.